The number of ketones is 1. The normalized spacial score (nSPS) is 44.6. The van der Waals surface area contributed by atoms with Crippen LogP contribution in [0.15, 0.2) is 0 Å². The van der Waals surface area contributed by atoms with E-state index in [1.54, 1.807) is 0 Å². The summed E-state index contributed by atoms with van der Waals surface area (Å²) in [6, 6.07) is 0. The van der Waals surface area contributed by atoms with E-state index in [1.165, 1.54) is 0 Å². The molecule has 0 aromatic carbocycles. The van der Waals surface area contributed by atoms with Gasteiger partial charge in [0.2, 0.25) is 0 Å². The van der Waals surface area contributed by atoms with Crippen molar-refractivity contribution < 1.29 is 30.3 Å². The number of Topliss-reactive ketones (excluding diaryl/α,β-unsaturated/α-hetero) is 1. The van der Waals surface area contributed by atoms with Crippen molar-refractivity contribution in [3.8, 4) is 0 Å². The second-order valence-corrected chi connectivity index (χ2v) is 8.37. The summed E-state index contributed by atoms with van der Waals surface area (Å²) in [5, 5.41) is 49.3. The number of nitrogens with zero attached hydrogens (tertiary/aromatic N) is 2. The topological polar surface area (TPSA) is 125 Å². The summed E-state index contributed by atoms with van der Waals surface area (Å²) in [5.74, 6) is 0.304. The molecule has 0 radical (unpaired) electrons. The van der Waals surface area contributed by atoms with E-state index in [0.29, 0.717) is 32.0 Å². The van der Waals surface area contributed by atoms with Crippen LogP contribution in [0.3, 0.4) is 0 Å². The van der Waals surface area contributed by atoms with Crippen molar-refractivity contribution in [3.05, 3.63) is 0 Å². The zero-order valence-electron chi connectivity index (χ0n) is 14.9. The molecule has 0 aliphatic carbocycles. The van der Waals surface area contributed by atoms with Crippen LogP contribution in [0.5, 0.6) is 0 Å². The molecule has 8 nitrogen and oxygen atoms in total. The van der Waals surface area contributed by atoms with E-state index >= 15 is 0 Å². The van der Waals surface area contributed by atoms with Crippen molar-refractivity contribution in [2.24, 2.45) is 10.8 Å². The number of piperidine rings is 2. The molecule has 8 heteroatoms. The van der Waals surface area contributed by atoms with E-state index in [-0.39, 0.29) is 0 Å². The van der Waals surface area contributed by atoms with Gasteiger partial charge in [0.1, 0.15) is 30.2 Å². The standard InChI is InChI=1S/C17H30N2O6/c1-3-4-17-8-18-6-16(2,15(17)25)7-19(9-17)14(18)13(24)12(23)11(22)10(21)5-20/h10-14,20-24H,3-9H2,1-2H3/t10-,11-,12-,13-,14?,16?,17?/m0/s1. The van der Waals surface area contributed by atoms with Crippen molar-refractivity contribution in [2.45, 2.75) is 57.3 Å². The van der Waals surface area contributed by atoms with E-state index in [2.05, 4.69) is 6.92 Å². The Morgan fingerprint density at radius 3 is 2.12 bits per heavy atom. The van der Waals surface area contributed by atoms with Crippen molar-refractivity contribution >= 4 is 5.78 Å². The highest BCUT2D eigenvalue weighted by molar-refractivity contribution is 5.93. The second kappa shape index (κ2) is 6.53. The molecular formula is C17H30N2O6. The number of aliphatic hydroxyl groups is 5. The zero-order chi connectivity index (χ0) is 18.6. The minimum absolute atomic E-state index is 0.304. The number of carbonyl (C=O) groups excluding carboxylic acids is 1. The third kappa shape index (κ3) is 2.84. The molecule has 6 atom stereocenters. The molecule has 0 saturated carbocycles. The van der Waals surface area contributed by atoms with E-state index in [1.807, 2.05) is 16.7 Å². The molecule has 4 aliphatic heterocycles. The fourth-order valence-corrected chi connectivity index (χ4v) is 5.31. The van der Waals surface area contributed by atoms with Crippen LogP contribution in [-0.2, 0) is 4.79 Å². The molecule has 0 aromatic heterocycles. The predicted molar refractivity (Wildman–Crippen MR) is 88.5 cm³/mol. The van der Waals surface area contributed by atoms with Gasteiger partial charge in [-0.3, -0.25) is 14.6 Å². The molecule has 0 amide bonds. The molecule has 4 heterocycles. The Morgan fingerprint density at radius 1 is 1.08 bits per heavy atom. The monoisotopic (exact) mass is 358 g/mol. The Bertz CT molecular complexity index is 513. The molecule has 4 aliphatic rings. The van der Waals surface area contributed by atoms with Crippen molar-refractivity contribution in [1.82, 2.24) is 9.80 Å². The smallest absolute Gasteiger partial charge is 0.150 e. The molecule has 4 rings (SSSR count). The van der Waals surface area contributed by atoms with Crippen molar-refractivity contribution in [3.63, 3.8) is 0 Å². The molecule has 144 valence electrons. The molecule has 0 aromatic rings. The molecule has 0 spiro atoms. The summed E-state index contributed by atoms with van der Waals surface area (Å²) >= 11 is 0. The van der Waals surface area contributed by atoms with E-state index in [9.17, 15) is 25.2 Å². The van der Waals surface area contributed by atoms with Crippen LogP contribution in [0.25, 0.3) is 0 Å². The Labute approximate surface area is 147 Å². The summed E-state index contributed by atoms with van der Waals surface area (Å²) in [7, 11) is 0. The van der Waals surface area contributed by atoms with Gasteiger partial charge in [-0.05, 0) is 6.42 Å². The van der Waals surface area contributed by atoms with Crippen molar-refractivity contribution in [1.29, 1.82) is 0 Å². The number of hydrogen-bond donors (Lipinski definition) is 5. The van der Waals surface area contributed by atoms with Crippen LogP contribution < -0.4 is 0 Å². The van der Waals surface area contributed by atoms with Crippen LogP contribution in [0.4, 0.5) is 0 Å². The Morgan fingerprint density at radius 2 is 1.64 bits per heavy atom. The maximum absolute atomic E-state index is 13.0. The number of hydrogen-bond acceptors (Lipinski definition) is 8. The highest BCUT2D eigenvalue weighted by Crippen LogP contribution is 2.50. The van der Waals surface area contributed by atoms with E-state index in [0.717, 1.165) is 12.8 Å². The third-order valence-electron chi connectivity index (χ3n) is 6.21. The highest BCUT2D eigenvalue weighted by atomic mass is 16.4. The Balaban J connectivity index is 1.82. The molecule has 25 heavy (non-hydrogen) atoms. The maximum Gasteiger partial charge on any atom is 0.150 e. The zero-order valence-corrected chi connectivity index (χ0v) is 14.9. The number of rotatable bonds is 7. The molecule has 4 fully saturated rings. The first-order chi connectivity index (χ1) is 11.7. The van der Waals surface area contributed by atoms with Crippen LogP contribution >= 0.6 is 0 Å². The molecule has 4 saturated heterocycles. The van der Waals surface area contributed by atoms with Crippen LogP contribution in [0.1, 0.15) is 26.7 Å². The van der Waals surface area contributed by atoms with Gasteiger partial charge in [-0.25, -0.2) is 0 Å². The van der Waals surface area contributed by atoms with Gasteiger partial charge < -0.3 is 25.5 Å². The van der Waals surface area contributed by atoms with E-state index in [4.69, 9.17) is 5.11 Å². The quantitative estimate of drug-likeness (QED) is 0.346. The predicted octanol–water partition coefficient (Wildman–Crippen LogP) is -2.24. The lowest BCUT2D eigenvalue weighted by Crippen LogP contribution is -2.81. The first-order valence-electron chi connectivity index (χ1n) is 9.05. The van der Waals surface area contributed by atoms with Gasteiger partial charge in [0.25, 0.3) is 0 Å². The van der Waals surface area contributed by atoms with Gasteiger partial charge in [-0.2, -0.15) is 0 Å². The average Bonchev–Trinajstić information content (AvgIpc) is 2.56. The summed E-state index contributed by atoms with van der Waals surface area (Å²) < 4.78 is 0. The average molecular weight is 358 g/mol. The third-order valence-corrected chi connectivity index (χ3v) is 6.21. The number of carbonyl (C=O) groups is 1. The summed E-state index contributed by atoms with van der Waals surface area (Å²) in [5.41, 5.74) is -0.902. The minimum Gasteiger partial charge on any atom is -0.394 e. The second-order valence-electron chi connectivity index (χ2n) is 8.37. The lowest BCUT2D eigenvalue weighted by Gasteiger charge is -2.66. The maximum atomic E-state index is 13.0. The van der Waals surface area contributed by atoms with Gasteiger partial charge in [0.05, 0.1) is 23.6 Å². The fourth-order valence-electron chi connectivity index (χ4n) is 5.31. The lowest BCUT2D eigenvalue weighted by atomic mass is 9.59. The SMILES string of the molecule is CCCC12CN3CC(C)(CN(C1)C3[C@@H](O)[C@@H](O)[C@@H](O)[C@@H](O)CO)C2=O. The Hall–Kier alpha value is -0.610. The Kier molecular flexibility index (Phi) is 5.00. The summed E-state index contributed by atoms with van der Waals surface area (Å²) in [4.78, 5) is 17.0. The van der Waals surface area contributed by atoms with Gasteiger partial charge in [-0.15, -0.1) is 0 Å². The largest absolute Gasteiger partial charge is 0.394 e. The summed E-state index contributed by atoms with van der Waals surface area (Å²) in [6.45, 7) is 5.43. The van der Waals surface area contributed by atoms with Gasteiger partial charge >= 0.3 is 0 Å². The fraction of sp³-hybridized carbons (Fsp3) is 0.941. The first kappa shape index (κ1) is 19.2. The first-order valence-corrected chi connectivity index (χ1v) is 9.05. The molecule has 5 N–H and O–H groups in total. The van der Waals surface area contributed by atoms with Crippen LogP contribution in [0.2, 0.25) is 0 Å². The van der Waals surface area contributed by atoms with Crippen LogP contribution in [0, 0.1) is 10.8 Å². The molecule has 4 bridgehead atoms. The van der Waals surface area contributed by atoms with Crippen molar-refractivity contribution in [2.75, 3.05) is 32.8 Å². The van der Waals surface area contributed by atoms with E-state index < -0.39 is 48.0 Å². The van der Waals surface area contributed by atoms with Crippen LogP contribution in [-0.4, -0.2) is 104 Å². The van der Waals surface area contributed by atoms with Gasteiger partial charge in [-0.1, -0.05) is 20.3 Å². The number of aliphatic hydroxyl groups excluding tert-OH is 5. The summed E-state index contributed by atoms with van der Waals surface area (Å²) in [6.07, 6.45) is -4.86. The minimum atomic E-state index is -1.64. The van der Waals surface area contributed by atoms with Gasteiger partial charge in [0, 0.05) is 26.2 Å². The molecular weight excluding hydrogens is 328 g/mol. The molecule has 2 unspecified atom stereocenters. The lowest BCUT2D eigenvalue weighted by molar-refractivity contribution is -0.231. The van der Waals surface area contributed by atoms with Gasteiger partial charge in [0.15, 0.2) is 0 Å². The highest BCUT2D eigenvalue weighted by Gasteiger charge is 2.64.